The van der Waals surface area contributed by atoms with Crippen molar-refractivity contribution in [1.82, 2.24) is 0 Å². The van der Waals surface area contributed by atoms with Crippen molar-refractivity contribution in [3.63, 3.8) is 0 Å². The largest absolute Gasteiger partial charge is 0.411 e. The maximum atomic E-state index is 9.12. The number of hydrogen-bond acceptors (Lipinski definition) is 3. The molecule has 0 aromatic heterocycles. The Hall–Kier alpha value is -0.683. The molecule has 0 spiro atoms. The summed E-state index contributed by atoms with van der Waals surface area (Å²) in [4.78, 5) is 0. The van der Waals surface area contributed by atoms with Crippen molar-refractivity contribution in [1.29, 1.82) is 0 Å². The summed E-state index contributed by atoms with van der Waals surface area (Å²) in [5.74, 6) is 0.377. The van der Waals surface area contributed by atoms with Crippen LogP contribution >= 0.6 is 0 Å². The summed E-state index contributed by atoms with van der Waals surface area (Å²) < 4.78 is 12.6. The molecule has 0 aliphatic carbocycles. The molecule has 3 nitrogen and oxygen atoms in total. The van der Waals surface area contributed by atoms with Crippen molar-refractivity contribution in [2.45, 2.75) is 71.4 Å². The Labute approximate surface area is 149 Å². The fraction of sp³-hybridized carbons (Fsp3) is 0.700. The van der Waals surface area contributed by atoms with Crippen LogP contribution in [0.2, 0.25) is 18.1 Å². The Balaban J connectivity index is 2.67. The molecule has 138 valence electrons. The summed E-state index contributed by atoms with van der Waals surface area (Å²) in [7, 11) is -1.84. The maximum Gasteiger partial charge on any atom is 0.192 e. The van der Waals surface area contributed by atoms with E-state index in [0.29, 0.717) is 19.1 Å². The van der Waals surface area contributed by atoms with Gasteiger partial charge in [0, 0.05) is 6.61 Å². The number of hydrogen-bond donors (Lipinski definition) is 1. The van der Waals surface area contributed by atoms with Gasteiger partial charge in [0.15, 0.2) is 8.32 Å². The molecule has 2 atom stereocenters. The van der Waals surface area contributed by atoms with Crippen LogP contribution in [0.3, 0.4) is 0 Å². The van der Waals surface area contributed by atoms with E-state index in [1.165, 1.54) is 5.56 Å². The third-order valence-electron chi connectivity index (χ3n) is 5.10. The van der Waals surface area contributed by atoms with Gasteiger partial charge in [0.05, 0.1) is 19.3 Å². The van der Waals surface area contributed by atoms with E-state index >= 15 is 0 Å². The second-order valence-corrected chi connectivity index (χ2v) is 13.0. The molecule has 1 aromatic rings. The monoisotopic (exact) mass is 352 g/mol. The standard InChI is InChI=1S/C20H36O3Si/c1-17(11-10-14-21)19(23-24(5,6)20(2,3)4)16-22-15-18-12-8-7-9-13-18/h7-9,12-13,17,19,21H,10-11,14-16H2,1-6H3/t17-,19-/m1/s1. The first-order chi connectivity index (χ1) is 11.2. The van der Waals surface area contributed by atoms with E-state index in [4.69, 9.17) is 14.3 Å². The molecule has 24 heavy (non-hydrogen) atoms. The van der Waals surface area contributed by atoms with Crippen molar-refractivity contribution in [2.24, 2.45) is 5.92 Å². The third-order valence-corrected chi connectivity index (χ3v) is 9.60. The highest BCUT2D eigenvalue weighted by Gasteiger charge is 2.40. The molecule has 0 amide bonds. The molecule has 0 radical (unpaired) electrons. The van der Waals surface area contributed by atoms with Crippen LogP contribution in [0.5, 0.6) is 0 Å². The Morgan fingerprint density at radius 1 is 1.12 bits per heavy atom. The van der Waals surface area contributed by atoms with E-state index in [9.17, 15) is 0 Å². The quantitative estimate of drug-likeness (QED) is 0.602. The van der Waals surface area contributed by atoms with Crippen LogP contribution in [0.25, 0.3) is 0 Å². The molecule has 1 N–H and O–H groups in total. The van der Waals surface area contributed by atoms with Crippen molar-refractivity contribution < 1.29 is 14.3 Å². The van der Waals surface area contributed by atoms with E-state index in [-0.39, 0.29) is 17.7 Å². The Kier molecular flexibility index (Phi) is 8.64. The fourth-order valence-electron chi connectivity index (χ4n) is 2.34. The van der Waals surface area contributed by atoms with Gasteiger partial charge in [0.1, 0.15) is 0 Å². The lowest BCUT2D eigenvalue weighted by Gasteiger charge is -2.41. The predicted molar refractivity (Wildman–Crippen MR) is 104 cm³/mol. The Bertz CT molecular complexity index is 454. The number of rotatable bonds is 10. The molecular weight excluding hydrogens is 316 g/mol. The van der Waals surface area contributed by atoms with Gasteiger partial charge in [-0.2, -0.15) is 0 Å². The van der Waals surface area contributed by atoms with Gasteiger partial charge in [-0.3, -0.25) is 0 Å². The van der Waals surface area contributed by atoms with Crippen LogP contribution in [0.4, 0.5) is 0 Å². The molecule has 1 aromatic carbocycles. The third kappa shape index (κ3) is 7.05. The molecule has 0 unspecified atom stereocenters. The minimum Gasteiger partial charge on any atom is -0.411 e. The van der Waals surface area contributed by atoms with Crippen LogP contribution in [0.1, 0.15) is 46.1 Å². The zero-order valence-corrected chi connectivity index (χ0v) is 17.3. The van der Waals surface area contributed by atoms with E-state index < -0.39 is 8.32 Å². The molecular formula is C20H36O3Si. The van der Waals surface area contributed by atoms with Gasteiger partial charge in [0.2, 0.25) is 0 Å². The number of aliphatic hydroxyl groups is 1. The average Bonchev–Trinajstić information content (AvgIpc) is 2.51. The van der Waals surface area contributed by atoms with Crippen molar-refractivity contribution in [3.05, 3.63) is 35.9 Å². The molecule has 0 bridgehead atoms. The average molecular weight is 353 g/mol. The molecule has 4 heteroatoms. The SMILES string of the molecule is C[C@H](CCCO)[C@@H](COCc1ccccc1)O[Si](C)(C)C(C)(C)C. The number of ether oxygens (including phenoxy) is 1. The lowest BCUT2D eigenvalue weighted by molar-refractivity contribution is 0.00601. The summed E-state index contributed by atoms with van der Waals surface area (Å²) in [5, 5.41) is 9.30. The van der Waals surface area contributed by atoms with Crippen LogP contribution in [0, 0.1) is 5.92 Å². The second-order valence-electron chi connectivity index (χ2n) is 8.26. The zero-order chi connectivity index (χ0) is 18.2. The second kappa shape index (κ2) is 9.71. The highest BCUT2D eigenvalue weighted by molar-refractivity contribution is 6.74. The van der Waals surface area contributed by atoms with Crippen LogP contribution in [0.15, 0.2) is 30.3 Å². The van der Waals surface area contributed by atoms with Crippen LogP contribution in [-0.4, -0.2) is 32.7 Å². The molecule has 0 aliphatic rings. The smallest absolute Gasteiger partial charge is 0.192 e. The summed E-state index contributed by atoms with van der Waals surface area (Å²) in [6.45, 7) is 15.0. The highest BCUT2D eigenvalue weighted by atomic mass is 28.4. The normalized spacial score (nSPS) is 15.3. The van der Waals surface area contributed by atoms with E-state index in [2.05, 4.69) is 52.9 Å². The number of benzene rings is 1. The van der Waals surface area contributed by atoms with E-state index in [1.807, 2.05) is 18.2 Å². The van der Waals surface area contributed by atoms with Gasteiger partial charge in [-0.15, -0.1) is 0 Å². The Morgan fingerprint density at radius 3 is 2.29 bits per heavy atom. The molecule has 0 saturated carbocycles. The van der Waals surface area contributed by atoms with Gasteiger partial charge < -0.3 is 14.3 Å². The zero-order valence-electron chi connectivity index (χ0n) is 16.3. The molecule has 0 saturated heterocycles. The maximum absolute atomic E-state index is 9.12. The number of aliphatic hydroxyl groups excluding tert-OH is 1. The first-order valence-corrected chi connectivity index (χ1v) is 12.0. The molecule has 0 fully saturated rings. The Morgan fingerprint density at radius 2 is 1.75 bits per heavy atom. The fourth-order valence-corrected chi connectivity index (χ4v) is 3.75. The minimum absolute atomic E-state index is 0.0844. The van der Waals surface area contributed by atoms with Gasteiger partial charge in [-0.05, 0) is 42.5 Å². The molecule has 1 rings (SSSR count). The van der Waals surface area contributed by atoms with Crippen molar-refractivity contribution >= 4 is 8.32 Å². The van der Waals surface area contributed by atoms with Crippen LogP contribution < -0.4 is 0 Å². The topological polar surface area (TPSA) is 38.7 Å². The van der Waals surface area contributed by atoms with Gasteiger partial charge in [0.25, 0.3) is 0 Å². The lowest BCUT2D eigenvalue weighted by atomic mass is 10.00. The summed E-state index contributed by atoms with van der Waals surface area (Å²) >= 11 is 0. The van der Waals surface area contributed by atoms with Gasteiger partial charge >= 0.3 is 0 Å². The van der Waals surface area contributed by atoms with E-state index in [1.54, 1.807) is 0 Å². The van der Waals surface area contributed by atoms with E-state index in [0.717, 1.165) is 12.8 Å². The highest BCUT2D eigenvalue weighted by Crippen LogP contribution is 2.38. The lowest BCUT2D eigenvalue weighted by Crippen LogP contribution is -2.46. The van der Waals surface area contributed by atoms with Gasteiger partial charge in [-0.25, -0.2) is 0 Å². The van der Waals surface area contributed by atoms with Crippen LogP contribution in [-0.2, 0) is 15.8 Å². The van der Waals surface area contributed by atoms with Gasteiger partial charge in [-0.1, -0.05) is 58.0 Å². The predicted octanol–water partition coefficient (Wildman–Crippen LogP) is 5.00. The van der Waals surface area contributed by atoms with Crippen molar-refractivity contribution in [2.75, 3.05) is 13.2 Å². The molecule has 0 heterocycles. The first kappa shape index (κ1) is 21.4. The summed E-state index contributed by atoms with van der Waals surface area (Å²) in [5.41, 5.74) is 1.19. The summed E-state index contributed by atoms with van der Waals surface area (Å²) in [6.07, 6.45) is 1.86. The summed E-state index contributed by atoms with van der Waals surface area (Å²) in [6, 6.07) is 10.2. The minimum atomic E-state index is -1.84. The van der Waals surface area contributed by atoms with Crippen molar-refractivity contribution in [3.8, 4) is 0 Å². The molecule has 0 aliphatic heterocycles. The first-order valence-electron chi connectivity index (χ1n) is 9.07.